The number of phenolic OH excluding ortho intramolecular Hbond substituents is 1. The molecule has 4 atom stereocenters. The Hall–Kier alpha value is -3.36. The number of aliphatic carboxylic acids is 1. The van der Waals surface area contributed by atoms with Crippen LogP contribution in [0.25, 0.3) is 0 Å². The Kier molecular flexibility index (Phi) is 11.0. The second-order valence-electron chi connectivity index (χ2n) is 8.27. The highest BCUT2D eigenvalue weighted by atomic mass is 32.1. The number of carbonyl (C=O) groups excluding carboxylic acids is 4. The molecule has 0 unspecified atom stereocenters. The molecule has 198 valence electrons. The monoisotopic (exact) mass is 525 g/mol. The van der Waals surface area contributed by atoms with Gasteiger partial charge in [0, 0.05) is 12.3 Å². The third-order valence-electron chi connectivity index (χ3n) is 5.63. The number of nitrogens with two attached hydrogens (primary N) is 1. The van der Waals surface area contributed by atoms with Gasteiger partial charge in [-0.1, -0.05) is 12.1 Å². The zero-order valence-electron chi connectivity index (χ0n) is 19.4. The number of nitrogens with one attached hydrogen (secondary N) is 3. The van der Waals surface area contributed by atoms with E-state index in [1.807, 2.05) is 0 Å². The van der Waals surface area contributed by atoms with Crippen LogP contribution in [0.5, 0.6) is 5.75 Å². The highest BCUT2D eigenvalue weighted by Gasteiger charge is 2.36. The smallest absolute Gasteiger partial charge is 0.328 e. The number of hydrogen-bond donors (Lipinski definition) is 8. The third-order valence-corrected chi connectivity index (χ3v) is 6.00. The van der Waals surface area contributed by atoms with Crippen LogP contribution >= 0.6 is 12.6 Å². The van der Waals surface area contributed by atoms with Crippen LogP contribution in [0.1, 0.15) is 18.4 Å². The van der Waals surface area contributed by atoms with Gasteiger partial charge in [-0.2, -0.15) is 12.6 Å². The number of aliphatic hydroxyl groups excluding tert-OH is 1. The number of phenols is 1. The maximum absolute atomic E-state index is 12.8. The summed E-state index contributed by atoms with van der Waals surface area (Å²) in [6.07, 6.45) is 1.06. The number of hydrogen-bond acceptors (Lipinski definition) is 9. The lowest BCUT2D eigenvalue weighted by Gasteiger charge is -2.26. The molecule has 1 aromatic carbocycles. The molecule has 1 heterocycles. The number of likely N-dealkylation sites (tertiary alicyclic amines) is 1. The zero-order valence-corrected chi connectivity index (χ0v) is 20.3. The summed E-state index contributed by atoms with van der Waals surface area (Å²) >= 11 is 4.02. The van der Waals surface area contributed by atoms with E-state index in [0.717, 1.165) is 5.56 Å². The molecule has 8 N–H and O–H groups in total. The van der Waals surface area contributed by atoms with E-state index in [4.69, 9.17) is 15.9 Å². The number of aromatic hydroxyl groups is 1. The Labute approximate surface area is 212 Å². The molecule has 1 aromatic rings. The largest absolute Gasteiger partial charge is 0.508 e. The van der Waals surface area contributed by atoms with Gasteiger partial charge in [-0.15, -0.1) is 0 Å². The molecule has 0 spiro atoms. The fraction of sp³-hybridized carbons (Fsp3) is 0.500. The van der Waals surface area contributed by atoms with E-state index in [0.29, 0.717) is 12.8 Å². The summed E-state index contributed by atoms with van der Waals surface area (Å²) in [5.74, 6) is -4.02. The van der Waals surface area contributed by atoms with Gasteiger partial charge in [0.25, 0.3) is 0 Å². The van der Waals surface area contributed by atoms with Gasteiger partial charge < -0.3 is 41.9 Å². The summed E-state index contributed by atoms with van der Waals surface area (Å²) in [5, 5.41) is 34.4. The number of carboxylic acids is 1. The molecule has 13 nitrogen and oxygen atoms in total. The van der Waals surface area contributed by atoms with Gasteiger partial charge in [-0.3, -0.25) is 19.2 Å². The van der Waals surface area contributed by atoms with E-state index < -0.39 is 60.4 Å². The van der Waals surface area contributed by atoms with Crippen LogP contribution in [0.3, 0.4) is 0 Å². The number of aliphatic hydroxyl groups is 1. The van der Waals surface area contributed by atoms with Gasteiger partial charge in [0.2, 0.25) is 23.6 Å². The van der Waals surface area contributed by atoms with Crippen molar-refractivity contribution in [1.29, 1.82) is 0 Å². The second kappa shape index (κ2) is 13.7. The molecular formula is C22H31N5O8S. The highest BCUT2D eigenvalue weighted by molar-refractivity contribution is 7.80. The molecule has 1 saturated heterocycles. The van der Waals surface area contributed by atoms with Crippen LogP contribution in [0.15, 0.2) is 24.3 Å². The van der Waals surface area contributed by atoms with E-state index in [2.05, 4.69) is 28.6 Å². The Bertz CT molecular complexity index is 960. The van der Waals surface area contributed by atoms with E-state index >= 15 is 0 Å². The number of thiol groups is 1. The van der Waals surface area contributed by atoms with Gasteiger partial charge in [-0.25, -0.2) is 4.79 Å². The van der Waals surface area contributed by atoms with Crippen molar-refractivity contribution in [2.45, 2.75) is 43.4 Å². The Balaban J connectivity index is 1.89. The van der Waals surface area contributed by atoms with Crippen LogP contribution in [0, 0.1) is 0 Å². The van der Waals surface area contributed by atoms with Gasteiger partial charge in [0.1, 0.15) is 23.9 Å². The molecule has 1 aliphatic rings. The van der Waals surface area contributed by atoms with Crippen LogP contribution < -0.4 is 21.7 Å². The average molecular weight is 526 g/mol. The summed E-state index contributed by atoms with van der Waals surface area (Å²) in [4.78, 5) is 62.4. The number of rotatable bonds is 12. The summed E-state index contributed by atoms with van der Waals surface area (Å²) < 4.78 is 0. The lowest BCUT2D eigenvalue weighted by Crippen LogP contribution is -2.57. The summed E-state index contributed by atoms with van der Waals surface area (Å²) in [5.41, 5.74) is 6.63. The molecule has 0 radical (unpaired) electrons. The Morgan fingerprint density at radius 1 is 1.08 bits per heavy atom. The Morgan fingerprint density at radius 3 is 2.33 bits per heavy atom. The van der Waals surface area contributed by atoms with E-state index in [1.54, 1.807) is 12.1 Å². The minimum atomic E-state index is -1.54. The first kappa shape index (κ1) is 28.9. The van der Waals surface area contributed by atoms with Crippen molar-refractivity contribution in [3.05, 3.63) is 29.8 Å². The molecule has 14 heteroatoms. The van der Waals surface area contributed by atoms with E-state index in [-0.39, 0.29) is 31.0 Å². The highest BCUT2D eigenvalue weighted by Crippen LogP contribution is 2.18. The number of benzene rings is 1. The number of carbonyl (C=O) groups is 5. The first-order valence-corrected chi connectivity index (χ1v) is 11.9. The van der Waals surface area contributed by atoms with Crippen molar-refractivity contribution in [3.8, 4) is 5.75 Å². The van der Waals surface area contributed by atoms with Crippen molar-refractivity contribution in [3.63, 3.8) is 0 Å². The molecule has 0 bridgehead atoms. The topological polar surface area (TPSA) is 211 Å². The minimum absolute atomic E-state index is 0.0857. The standard InChI is InChI=1S/C22H31N5O8S/c23-14(8-12-3-5-13(29)6-4-12)19(31)24-9-18(30)27-7-1-2-17(27)21(33)26-16(11-36)20(32)25-15(10-28)22(34)35/h3-6,14-17,28-29,36H,1-2,7-11,23H2,(H,24,31)(H,25,32)(H,26,33)(H,34,35)/t14-,15-,16-,17-/m0/s1. The second-order valence-corrected chi connectivity index (χ2v) is 8.63. The van der Waals surface area contributed by atoms with Gasteiger partial charge in [0.05, 0.1) is 19.2 Å². The summed E-state index contributed by atoms with van der Waals surface area (Å²) in [6.45, 7) is -0.932. The predicted octanol–water partition coefficient (Wildman–Crippen LogP) is -2.65. The predicted molar refractivity (Wildman–Crippen MR) is 130 cm³/mol. The van der Waals surface area contributed by atoms with Crippen LogP contribution in [-0.2, 0) is 30.4 Å². The van der Waals surface area contributed by atoms with Crippen molar-refractivity contribution >= 4 is 42.2 Å². The first-order valence-electron chi connectivity index (χ1n) is 11.2. The van der Waals surface area contributed by atoms with E-state index in [9.17, 15) is 29.1 Å². The maximum atomic E-state index is 12.8. The van der Waals surface area contributed by atoms with Crippen molar-refractivity contribution in [2.75, 3.05) is 25.4 Å². The van der Waals surface area contributed by atoms with Crippen molar-refractivity contribution in [2.24, 2.45) is 5.73 Å². The fourth-order valence-electron chi connectivity index (χ4n) is 3.63. The van der Waals surface area contributed by atoms with Crippen molar-refractivity contribution in [1.82, 2.24) is 20.9 Å². The Morgan fingerprint density at radius 2 is 1.75 bits per heavy atom. The molecular weight excluding hydrogens is 494 g/mol. The molecule has 1 fully saturated rings. The molecule has 0 saturated carbocycles. The summed E-state index contributed by atoms with van der Waals surface area (Å²) in [6, 6.07) is 1.67. The summed E-state index contributed by atoms with van der Waals surface area (Å²) in [7, 11) is 0. The number of nitrogens with zero attached hydrogens (tertiary/aromatic N) is 1. The molecule has 0 aromatic heterocycles. The van der Waals surface area contributed by atoms with Crippen LogP contribution in [-0.4, -0.2) is 99.4 Å². The van der Waals surface area contributed by atoms with Crippen molar-refractivity contribution < 1.29 is 39.3 Å². The van der Waals surface area contributed by atoms with Crippen LogP contribution in [0.4, 0.5) is 0 Å². The molecule has 4 amide bonds. The molecule has 2 rings (SSSR count). The normalized spacial score (nSPS) is 17.5. The lowest BCUT2D eigenvalue weighted by atomic mass is 10.1. The van der Waals surface area contributed by atoms with Gasteiger partial charge >= 0.3 is 5.97 Å². The quantitative estimate of drug-likeness (QED) is 0.134. The van der Waals surface area contributed by atoms with Gasteiger partial charge in [0.15, 0.2) is 0 Å². The first-order chi connectivity index (χ1) is 17.1. The zero-order chi connectivity index (χ0) is 26.8. The SMILES string of the molecule is N[C@@H](Cc1ccc(O)cc1)C(=O)NCC(=O)N1CCC[C@H]1C(=O)N[C@@H](CS)C(=O)N[C@@H](CO)C(=O)O. The minimum Gasteiger partial charge on any atom is -0.508 e. The maximum Gasteiger partial charge on any atom is 0.328 e. The third kappa shape index (κ3) is 8.10. The molecule has 1 aliphatic heterocycles. The lowest BCUT2D eigenvalue weighted by molar-refractivity contribution is -0.143. The number of amides is 4. The average Bonchev–Trinajstić information content (AvgIpc) is 3.35. The molecule has 0 aliphatic carbocycles. The van der Waals surface area contributed by atoms with Crippen LogP contribution in [0.2, 0.25) is 0 Å². The fourth-order valence-corrected chi connectivity index (χ4v) is 3.89. The van der Waals surface area contributed by atoms with E-state index in [1.165, 1.54) is 17.0 Å². The molecule has 36 heavy (non-hydrogen) atoms. The van der Waals surface area contributed by atoms with Gasteiger partial charge in [-0.05, 0) is 37.0 Å². The number of carboxylic acid groups (broad SMARTS) is 1.